The zero-order valence-electron chi connectivity index (χ0n) is 15.5. The number of hydrogen-bond donors (Lipinski definition) is 0. The first kappa shape index (κ1) is 20.1. The molecule has 1 aliphatic rings. The molecule has 28 heavy (non-hydrogen) atoms. The fraction of sp³-hybridized carbons (Fsp3) is 0.238. The molecule has 0 saturated heterocycles. The molecular formula is C21H19BrFNO4. The van der Waals surface area contributed by atoms with Crippen molar-refractivity contribution in [1.82, 2.24) is 0 Å². The molecule has 0 spiro atoms. The molecule has 1 aliphatic heterocycles. The fourth-order valence-electron chi connectivity index (χ4n) is 2.60. The standard InChI is InChI=1S/C21H19BrFNO4/c1-3-9-27-19-15(22)10-13(12-18(19)26-4-2)11-17-21(25)28-20(24-17)14-7-5-6-8-16(14)23/h5-8,10-12H,3-4,9H2,1-2H3/b17-11-. The van der Waals surface area contributed by atoms with E-state index < -0.39 is 11.8 Å². The van der Waals surface area contributed by atoms with Gasteiger partial charge in [-0.05, 0) is 65.2 Å². The Kier molecular flexibility index (Phi) is 6.46. The maximum Gasteiger partial charge on any atom is 0.363 e. The Morgan fingerprint density at radius 1 is 1.21 bits per heavy atom. The van der Waals surface area contributed by atoms with Crippen LogP contribution in [0.1, 0.15) is 31.4 Å². The maximum atomic E-state index is 13.9. The van der Waals surface area contributed by atoms with Gasteiger partial charge < -0.3 is 14.2 Å². The lowest BCUT2D eigenvalue weighted by Gasteiger charge is -2.14. The Labute approximate surface area is 171 Å². The van der Waals surface area contributed by atoms with Gasteiger partial charge in [0.2, 0.25) is 5.90 Å². The molecule has 146 valence electrons. The number of carbonyl (C=O) groups excluding carboxylic acids is 1. The minimum atomic E-state index is -0.640. The number of cyclic esters (lactones) is 1. The van der Waals surface area contributed by atoms with Gasteiger partial charge in [-0.25, -0.2) is 14.2 Å². The number of nitrogens with zero attached hydrogens (tertiary/aromatic N) is 1. The molecule has 0 N–H and O–H groups in total. The molecule has 7 heteroatoms. The Morgan fingerprint density at radius 3 is 2.71 bits per heavy atom. The highest BCUT2D eigenvalue weighted by Crippen LogP contribution is 2.38. The normalized spacial score (nSPS) is 14.8. The summed E-state index contributed by atoms with van der Waals surface area (Å²) < 4.78 is 31.2. The molecule has 0 atom stereocenters. The molecule has 5 nitrogen and oxygen atoms in total. The van der Waals surface area contributed by atoms with Crippen LogP contribution in [0, 0.1) is 5.82 Å². The van der Waals surface area contributed by atoms with E-state index in [1.807, 2.05) is 13.8 Å². The van der Waals surface area contributed by atoms with Crippen LogP contribution in [0.5, 0.6) is 11.5 Å². The van der Waals surface area contributed by atoms with Crippen LogP contribution in [-0.2, 0) is 9.53 Å². The second kappa shape index (κ2) is 9.01. The number of carbonyl (C=O) groups is 1. The summed E-state index contributed by atoms with van der Waals surface area (Å²) in [6.45, 7) is 4.92. The third kappa shape index (κ3) is 4.42. The topological polar surface area (TPSA) is 57.1 Å². The highest BCUT2D eigenvalue weighted by Gasteiger charge is 2.26. The van der Waals surface area contributed by atoms with Gasteiger partial charge in [-0.1, -0.05) is 19.1 Å². The summed E-state index contributed by atoms with van der Waals surface area (Å²) in [6.07, 6.45) is 2.43. The minimum absolute atomic E-state index is 0.0543. The van der Waals surface area contributed by atoms with Crippen molar-refractivity contribution in [2.24, 2.45) is 4.99 Å². The van der Waals surface area contributed by atoms with Crippen molar-refractivity contribution in [1.29, 1.82) is 0 Å². The molecule has 0 bridgehead atoms. The van der Waals surface area contributed by atoms with Crippen LogP contribution < -0.4 is 9.47 Å². The predicted molar refractivity (Wildman–Crippen MR) is 108 cm³/mol. The van der Waals surface area contributed by atoms with Crippen molar-refractivity contribution in [2.75, 3.05) is 13.2 Å². The van der Waals surface area contributed by atoms with Crippen molar-refractivity contribution in [3.05, 3.63) is 63.5 Å². The molecule has 0 radical (unpaired) electrons. The van der Waals surface area contributed by atoms with Crippen LogP contribution in [0.3, 0.4) is 0 Å². The quantitative estimate of drug-likeness (QED) is 0.436. The van der Waals surface area contributed by atoms with Crippen molar-refractivity contribution < 1.29 is 23.4 Å². The van der Waals surface area contributed by atoms with Gasteiger partial charge >= 0.3 is 5.97 Å². The van der Waals surface area contributed by atoms with E-state index in [1.54, 1.807) is 30.3 Å². The van der Waals surface area contributed by atoms with Gasteiger partial charge in [-0.15, -0.1) is 0 Å². The second-order valence-corrected chi connectivity index (χ2v) is 6.78. The zero-order valence-corrected chi connectivity index (χ0v) is 17.1. The predicted octanol–water partition coefficient (Wildman–Crippen LogP) is 5.12. The van der Waals surface area contributed by atoms with Gasteiger partial charge in [-0.3, -0.25) is 0 Å². The third-order valence-corrected chi connectivity index (χ3v) is 4.40. The van der Waals surface area contributed by atoms with Crippen molar-refractivity contribution in [3.8, 4) is 11.5 Å². The van der Waals surface area contributed by atoms with Crippen molar-refractivity contribution in [2.45, 2.75) is 20.3 Å². The number of benzene rings is 2. The first-order valence-electron chi connectivity index (χ1n) is 8.90. The molecule has 2 aromatic carbocycles. The van der Waals surface area contributed by atoms with E-state index in [2.05, 4.69) is 20.9 Å². The van der Waals surface area contributed by atoms with E-state index in [-0.39, 0.29) is 17.2 Å². The van der Waals surface area contributed by atoms with E-state index in [0.29, 0.717) is 34.7 Å². The average Bonchev–Trinajstić information content (AvgIpc) is 3.02. The summed E-state index contributed by atoms with van der Waals surface area (Å²) in [6, 6.07) is 9.56. The minimum Gasteiger partial charge on any atom is -0.490 e. The third-order valence-electron chi connectivity index (χ3n) is 3.81. The number of ether oxygens (including phenoxy) is 3. The fourth-order valence-corrected chi connectivity index (χ4v) is 3.17. The lowest BCUT2D eigenvalue weighted by atomic mass is 10.1. The van der Waals surface area contributed by atoms with Crippen LogP contribution >= 0.6 is 15.9 Å². The van der Waals surface area contributed by atoms with Gasteiger partial charge in [0.1, 0.15) is 5.82 Å². The highest BCUT2D eigenvalue weighted by molar-refractivity contribution is 9.10. The van der Waals surface area contributed by atoms with Gasteiger partial charge in [0.25, 0.3) is 0 Å². The largest absolute Gasteiger partial charge is 0.490 e. The summed E-state index contributed by atoms with van der Waals surface area (Å²) in [7, 11) is 0. The lowest BCUT2D eigenvalue weighted by Crippen LogP contribution is -2.07. The van der Waals surface area contributed by atoms with E-state index in [4.69, 9.17) is 14.2 Å². The number of rotatable bonds is 7. The number of halogens is 2. The molecule has 0 fully saturated rings. The second-order valence-electron chi connectivity index (χ2n) is 5.93. The van der Waals surface area contributed by atoms with Crippen molar-refractivity contribution in [3.63, 3.8) is 0 Å². The summed E-state index contributed by atoms with van der Waals surface area (Å²) in [4.78, 5) is 16.3. The SMILES string of the molecule is CCCOc1c(Br)cc(/C=C2\N=C(c3ccccc3F)OC2=O)cc1OCC. The lowest BCUT2D eigenvalue weighted by molar-refractivity contribution is -0.129. The number of hydrogen-bond acceptors (Lipinski definition) is 5. The molecule has 0 aliphatic carbocycles. The molecule has 2 aromatic rings. The molecule has 0 aromatic heterocycles. The number of aliphatic imine (C=N–C) groups is 1. The molecular weight excluding hydrogens is 429 g/mol. The van der Waals surface area contributed by atoms with Crippen LogP contribution in [0.2, 0.25) is 0 Å². The first-order valence-corrected chi connectivity index (χ1v) is 9.69. The zero-order chi connectivity index (χ0) is 20.1. The summed E-state index contributed by atoms with van der Waals surface area (Å²) >= 11 is 3.48. The van der Waals surface area contributed by atoms with E-state index in [9.17, 15) is 9.18 Å². The van der Waals surface area contributed by atoms with Crippen LogP contribution in [0.25, 0.3) is 6.08 Å². The molecule has 1 heterocycles. The maximum absolute atomic E-state index is 13.9. The highest BCUT2D eigenvalue weighted by atomic mass is 79.9. The Bertz CT molecular complexity index is 955. The molecule has 0 saturated carbocycles. The summed E-state index contributed by atoms with van der Waals surface area (Å²) in [5.41, 5.74) is 0.887. The van der Waals surface area contributed by atoms with E-state index in [1.165, 1.54) is 12.1 Å². The van der Waals surface area contributed by atoms with Crippen molar-refractivity contribution >= 4 is 33.9 Å². The molecule has 0 unspecified atom stereocenters. The summed E-state index contributed by atoms with van der Waals surface area (Å²) in [5, 5.41) is 0. The smallest absolute Gasteiger partial charge is 0.363 e. The monoisotopic (exact) mass is 447 g/mol. The Morgan fingerprint density at radius 2 is 2.00 bits per heavy atom. The van der Waals surface area contributed by atoms with Gasteiger partial charge in [0, 0.05) is 0 Å². The Hall–Kier alpha value is -2.67. The Balaban J connectivity index is 1.96. The number of esters is 1. The van der Waals surface area contributed by atoms with Gasteiger partial charge in [-0.2, -0.15) is 0 Å². The van der Waals surface area contributed by atoms with E-state index >= 15 is 0 Å². The molecule has 0 amide bonds. The van der Waals surface area contributed by atoms with Gasteiger partial charge in [0.05, 0.1) is 23.2 Å². The molecule has 3 rings (SSSR count). The van der Waals surface area contributed by atoms with E-state index in [0.717, 1.165) is 6.42 Å². The first-order chi connectivity index (χ1) is 13.5. The van der Waals surface area contributed by atoms with Gasteiger partial charge in [0.15, 0.2) is 17.2 Å². The van der Waals surface area contributed by atoms with Crippen LogP contribution in [0.4, 0.5) is 4.39 Å². The van der Waals surface area contributed by atoms with Crippen LogP contribution in [-0.4, -0.2) is 25.1 Å². The summed E-state index contributed by atoms with van der Waals surface area (Å²) in [5.74, 6) is -0.0358. The average molecular weight is 448 g/mol. The van der Waals surface area contributed by atoms with Crippen LogP contribution in [0.15, 0.2) is 51.6 Å².